The van der Waals surface area contributed by atoms with Crippen molar-refractivity contribution in [2.75, 3.05) is 0 Å². The number of rotatable bonds is 10. The molecule has 3 aliphatic carbocycles. The summed E-state index contributed by atoms with van der Waals surface area (Å²) in [5.41, 5.74) is -0.298. The number of hydrogen-bond donors (Lipinski definition) is 0. The molecule has 3 aliphatic rings. The van der Waals surface area contributed by atoms with Gasteiger partial charge < -0.3 is 0 Å². The number of unbranched alkanes of at least 4 members (excludes halogenated alkanes) is 3. The summed E-state index contributed by atoms with van der Waals surface area (Å²) in [4.78, 5) is 13.9. The topological polar surface area (TPSA) is 26.3 Å². The average molecular weight is 539 g/mol. The normalized spacial score (nSPS) is 23.1. The van der Waals surface area contributed by atoms with Gasteiger partial charge in [-0.05, 0) is 0 Å². The van der Waals surface area contributed by atoms with Crippen molar-refractivity contribution in [2.45, 2.75) is 161 Å². The van der Waals surface area contributed by atoms with Crippen LogP contribution in [0.2, 0.25) is 11.8 Å². The molecule has 0 spiro atoms. The summed E-state index contributed by atoms with van der Waals surface area (Å²) in [5, 5.41) is 0. The quantitative estimate of drug-likeness (QED) is 0.204. The van der Waals surface area contributed by atoms with E-state index in [-0.39, 0.29) is 11.4 Å². The number of carbonyl (C=O) groups excluding carboxylic acids is 1. The third-order valence-corrected chi connectivity index (χ3v) is 26.6. The summed E-state index contributed by atoms with van der Waals surface area (Å²) in [6.07, 6.45) is 26.8. The van der Waals surface area contributed by atoms with Crippen LogP contribution in [0.4, 0.5) is 0 Å². The fraction of sp³-hybridized carbons (Fsp3) is 0.964. The molecule has 0 aromatic carbocycles. The second-order valence-electron chi connectivity index (χ2n) is 11.9. The summed E-state index contributed by atoms with van der Waals surface area (Å²) in [5.74, 6) is 0.224. The van der Waals surface area contributed by atoms with Gasteiger partial charge in [0.05, 0.1) is 0 Å². The van der Waals surface area contributed by atoms with Crippen LogP contribution in [0, 0.1) is 5.41 Å². The van der Waals surface area contributed by atoms with E-state index in [1.165, 1.54) is 122 Å². The third-order valence-electron chi connectivity index (χ3n) is 9.21. The van der Waals surface area contributed by atoms with E-state index < -0.39 is 18.8 Å². The van der Waals surface area contributed by atoms with Crippen LogP contribution in [0.25, 0.3) is 0 Å². The van der Waals surface area contributed by atoms with Crippen molar-refractivity contribution < 1.29 is 7.87 Å². The molecular formula is C28H52O2Sn. The Kier molecular flexibility index (Phi) is 10.6. The van der Waals surface area contributed by atoms with Crippen molar-refractivity contribution in [3.8, 4) is 0 Å². The van der Waals surface area contributed by atoms with E-state index in [0.717, 1.165) is 18.2 Å². The second-order valence-corrected chi connectivity index (χ2v) is 24.4. The number of carbonyl (C=O) groups is 1. The summed E-state index contributed by atoms with van der Waals surface area (Å²) >= 11 is -3.19. The van der Waals surface area contributed by atoms with Gasteiger partial charge in [-0.1, -0.05) is 0 Å². The third kappa shape index (κ3) is 6.66. The van der Waals surface area contributed by atoms with Crippen LogP contribution >= 0.6 is 0 Å². The molecule has 180 valence electrons. The Labute approximate surface area is 198 Å². The van der Waals surface area contributed by atoms with Crippen molar-refractivity contribution in [3.63, 3.8) is 0 Å². The van der Waals surface area contributed by atoms with Gasteiger partial charge in [-0.2, -0.15) is 0 Å². The summed E-state index contributed by atoms with van der Waals surface area (Å²) < 4.78 is 9.69. The van der Waals surface area contributed by atoms with Gasteiger partial charge in [0.25, 0.3) is 0 Å². The van der Waals surface area contributed by atoms with Crippen LogP contribution in [-0.2, 0) is 7.87 Å². The maximum absolute atomic E-state index is 13.9. The zero-order chi connectivity index (χ0) is 22.2. The molecule has 3 saturated carbocycles. The minimum absolute atomic E-state index is 0.224. The SMILES string of the molecule is CCCCCCC(C)(C)C(=O)[O][Sn]([CH]1CCCCC1)([CH]1CCCCC1)[CH]1CCCCC1. The summed E-state index contributed by atoms with van der Waals surface area (Å²) in [6.45, 7) is 6.65. The Bertz CT molecular complexity index is 480. The van der Waals surface area contributed by atoms with Gasteiger partial charge in [0.1, 0.15) is 0 Å². The molecule has 0 atom stereocenters. The van der Waals surface area contributed by atoms with Gasteiger partial charge in [-0.3, -0.25) is 0 Å². The average Bonchev–Trinajstić information content (AvgIpc) is 2.82. The molecule has 3 heteroatoms. The van der Waals surface area contributed by atoms with E-state index in [0.29, 0.717) is 0 Å². The van der Waals surface area contributed by atoms with Crippen LogP contribution in [0.3, 0.4) is 0 Å². The fourth-order valence-corrected chi connectivity index (χ4v) is 27.4. The van der Waals surface area contributed by atoms with Crippen LogP contribution in [-0.4, -0.2) is 24.8 Å². The Balaban J connectivity index is 1.86. The zero-order valence-corrected chi connectivity index (χ0v) is 24.0. The molecule has 0 N–H and O–H groups in total. The van der Waals surface area contributed by atoms with Gasteiger partial charge in [-0.25, -0.2) is 0 Å². The molecule has 0 heterocycles. The molecule has 0 aliphatic heterocycles. The Morgan fingerprint density at radius 3 is 1.52 bits per heavy atom. The Hall–Kier alpha value is 0.269. The van der Waals surface area contributed by atoms with E-state index in [1.807, 2.05) is 0 Å². The van der Waals surface area contributed by atoms with Crippen molar-refractivity contribution in [1.82, 2.24) is 0 Å². The van der Waals surface area contributed by atoms with E-state index in [2.05, 4.69) is 20.8 Å². The monoisotopic (exact) mass is 540 g/mol. The Morgan fingerprint density at radius 2 is 1.13 bits per heavy atom. The van der Waals surface area contributed by atoms with E-state index in [1.54, 1.807) is 0 Å². The summed E-state index contributed by atoms with van der Waals surface area (Å²) in [6, 6.07) is 0. The van der Waals surface area contributed by atoms with Gasteiger partial charge in [0, 0.05) is 0 Å². The predicted molar refractivity (Wildman–Crippen MR) is 135 cm³/mol. The molecule has 3 fully saturated rings. The van der Waals surface area contributed by atoms with Crippen molar-refractivity contribution >= 4 is 24.8 Å². The van der Waals surface area contributed by atoms with Gasteiger partial charge in [-0.15, -0.1) is 0 Å². The molecule has 0 bridgehead atoms. The molecule has 31 heavy (non-hydrogen) atoms. The van der Waals surface area contributed by atoms with Crippen molar-refractivity contribution in [3.05, 3.63) is 0 Å². The first-order valence-electron chi connectivity index (χ1n) is 14.2. The molecule has 3 rings (SSSR count). The molecule has 0 amide bonds. The Morgan fingerprint density at radius 1 is 0.710 bits per heavy atom. The van der Waals surface area contributed by atoms with E-state index in [9.17, 15) is 4.79 Å². The van der Waals surface area contributed by atoms with Crippen LogP contribution < -0.4 is 0 Å². The minimum atomic E-state index is -3.19. The van der Waals surface area contributed by atoms with E-state index >= 15 is 0 Å². The van der Waals surface area contributed by atoms with Crippen LogP contribution in [0.1, 0.15) is 149 Å². The van der Waals surface area contributed by atoms with Crippen LogP contribution in [0.15, 0.2) is 0 Å². The van der Waals surface area contributed by atoms with Gasteiger partial charge in [0.2, 0.25) is 0 Å². The second kappa shape index (κ2) is 12.7. The molecule has 0 unspecified atom stereocenters. The molecule has 0 aromatic heterocycles. The molecule has 2 nitrogen and oxygen atoms in total. The van der Waals surface area contributed by atoms with Gasteiger partial charge in [0.15, 0.2) is 0 Å². The standard InChI is InChI=1S/C10H20O2.3C6H11.Sn/c1-4-5-6-7-8-10(2,3)9(11)12;3*1-2-4-6-5-3-1;/h4-8H2,1-3H3,(H,11,12);3*1H,2-6H2;/q;;;;+1/p-1. The maximum atomic E-state index is 13.9. The predicted octanol–water partition coefficient (Wildman–Crippen LogP) is 9.47. The van der Waals surface area contributed by atoms with Crippen molar-refractivity contribution in [1.29, 1.82) is 0 Å². The van der Waals surface area contributed by atoms with Crippen molar-refractivity contribution in [2.24, 2.45) is 5.41 Å². The fourth-order valence-electron chi connectivity index (χ4n) is 7.31. The molecular weight excluding hydrogens is 487 g/mol. The first-order chi connectivity index (χ1) is 15.0. The number of hydrogen-bond acceptors (Lipinski definition) is 2. The van der Waals surface area contributed by atoms with E-state index in [4.69, 9.17) is 3.07 Å². The summed E-state index contributed by atoms with van der Waals surface area (Å²) in [7, 11) is 0. The molecule has 0 saturated heterocycles. The first kappa shape index (κ1) is 25.9. The molecule has 0 aromatic rings. The van der Waals surface area contributed by atoms with Gasteiger partial charge >= 0.3 is 199 Å². The first-order valence-corrected chi connectivity index (χ1v) is 20.3. The zero-order valence-electron chi connectivity index (χ0n) is 21.2. The molecule has 0 radical (unpaired) electrons. The van der Waals surface area contributed by atoms with Crippen LogP contribution in [0.5, 0.6) is 0 Å².